The van der Waals surface area contributed by atoms with Gasteiger partial charge in [-0.2, -0.15) is 0 Å². The van der Waals surface area contributed by atoms with Crippen LogP contribution in [0.1, 0.15) is 23.8 Å². The molecule has 2 rings (SSSR count). The van der Waals surface area contributed by atoms with Crippen LogP contribution in [0.3, 0.4) is 0 Å². The fraction of sp³-hybridized carbons (Fsp3) is 0.231. The summed E-state index contributed by atoms with van der Waals surface area (Å²) >= 11 is 0. The number of hydrogen-bond donors (Lipinski definition) is 1. The quantitative estimate of drug-likeness (QED) is 0.826. The summed E-state index contributed by atoms with van der Waals surface area (Å²) < 4.78 is 5.26. The normalized spacial score (nSPS) is 12.6. The Bertz CT molecular complexity index is 380. The van der Waals surface area contributed by atoms with Gasteiger partial charge >= 0.3 is 0 Å². The Balaban J connectivity index is 1.90. The van der Waals surface area contributed by atoms with E-state index in [1.165, 1.54) is 5.56 Å². The van der Waals surface area contributed by atoms with Crippen molar-refractivity contribution in [2.45, 2.75) is 18.9 Å². The predicted octanol–water partition coefficient (Wildman–Crippen LogP) is 2.91. The van der Waals surface area contributed by atoms with Crippen LogP contribution in [-0.2, 0) is 6.42 Å². The van der Waals surface area contributed by atoms with Gasteiger partial charge in [0.15, 0.2) is 0 Å². The monoisotopic (exact) mass is 201 g/mol. The molecule has 1 aromatic heterocycles. The van der Waals surface area contributed by atoms with Crippen LogP contribution >= 0.6 is 0 Å². The molecule has 1 atom stereocenters. The summed E-state index contributed by atoms with van der Waals surface area (Å²) in [6, 6.07) is 14.1. The van der Waals surface area contributed by atoms with Gasteiger partial charge in [-0.1, -0.05) is 30.3 Å². The largest absolute Gasteiger partial charge is 0.469 e. The topological polar surface area (TPSA) is 39.2 Å². The fourth-order valence-corrected chi connectivity index (χ4v) is 1.62. The first-order valence-corrected chi connectivity index (χ1v) is 5.19. The maximum atomic E-state index is 6.07. The fourth-order valence-electron chi connectivity index (χ4n) is 1.62. The molecular weight excluding hydrogens is 186 g/mol. The van der Waals surface area contributed by atoms with Gasteiger partial charge < -0.3 is 10.2 Å². The Kier molecular flexibility index (Phi) is 3.20. The molecule has 0 spiro atoms. The predicted molar refractivity (Wildman–Crippen MR) is 60.4 cm³/mol. The van der Waals surface area contributed by atoms with Crippen molar-refractivity contribution < 1.29 is 4.42 Å². The van der Waals surface area contributed by atoms with E-state index in [1.807, 2.05) is 30.3 Å². The molecule has 0 saturated carbocycles. The van der Waals surface area contributed by atoms with Crippen LogP contribution in [0.15, 0.2) is 53.1 Å². The second kappa shape index (κ2) is 4.80. The first kappa shape index (κ1) is 9.99. The summed E-state index contributed by atoms with van der Waals surface area (Å²) in [6.07, 6.45) is 3.50. The van der Waals surface area contributed by atoms with Gasteiger partial charge in [0.25, 0.3) is 0 Å². The molecule has 0 saturated heterocycles. The third-order valence-corrected chi connectivity index (χ3v) is 2.51. The number of hydrogen-bond acceptors (Lipinski definition) is 2. The molecule has 0 fully saturated rings. The lowest BCUT2D eigenvalue weighted by Crippen LogP contribution is -2.10. The van der Waals surface area contributed by atoms with Crippen molar-refractivity contribution >= 4 is 0 Å². The minimum atomic E-state index is 0.0938. The van der Waals surface area contributed by atoms with E-state index < -0.39 is 0 Å². The van der Waals surface area contributed by atoms with Crippen molar-refractivity contribution in [3.63, 3.8) is 0 Å². The van der Waals surface area contributed by atoms with E-state index in [0.29, 0.717) is 0 Å². The van der Waals surface area contributed by atoms with Gasteiger partial charge in [-0.3, -0.25) is 0 Å². The van der Waals surface area contributed by atoms with E-state index in [1.54, 1.807) is 6.26 Å². The Morgan fingerprint density at radius 3 is 2.53 bits per heavy atom. The number of furan rings is 1. The maximum Gasteiger partial charge on any atom is 0.103 e. The van der Waals surface area contributed by atoms with Crippen molar-refractivity contribution in [2.24, 2.45) is 5.73 Å². The van der Waals surface area contributed by atoms with Crippen LogP contribution in [0.2, 0.25) is 0 Å². The van der Waals surface area contributed by atoms with Crippen LogP contribution in [0.4, 0.5) is 0 Å². The van der Waals surface area contributed by atoms with Crippen LogP contribution in [0.5, 0.6) is 0 Å². The number of nitrogens with two attached hydrogens (primary N) is 1. The van der Waals surface area contributed by atoms with Crippen LogP contribution in [-0.4, -0.2) is 0 Å². The Morgan fingerprint density at radius 2 is 1.87 bits per heavy atom. The summed E-state index contributed by atoms with van der Waals surface area (Å²) in [5.41, 5.74) is 7.25. The zero-order valence-electron chi connectivity index (χ0n) is 8.60. The molecule has 0 bridgehead atoms. The van der Waals surface area contributed by atoms with Gasteiger partial charge in [-0.15, -0.1) is 0 Å². The highest BCUT2D eigenvalue weighted by atomic mass is 16.3. The van der Waals surface area contributed by atoms with Gasteiger partial charge in [0.1, 0.15) is 5.76 Å². The van der Waals surface area contributed by atoms with E-state index >= 15 is 0 Å². The van der Waals surface area contributed by atoms with Gasteiger partial charge in [0, 0.05) is 12.5 Å². The third kappa shape index (κ3) is 2.70. The molecule has 0 aliphatic carbocycles. The molecule has 0 amide bonds. The number of aryl methyl sites for hydroxylation is 1. The van der Waals surface area contributed by atoms with Gasteiger partial charge in [-0.05, 0) is 24.1 Å². The molecule has 0 radical (unpaired) electrons. The lowest BCUT2D eigenvalue weighted by molar-refractivity contribution is 0.488. The summed E-state index contributed by atoms with van der Waals surface area (Å²) in [4.78, 5) is 0. The van der Waals surface area contributed by atoms with E-state index in [4.69, 9.17) is 10.2 Å². The smallest absolute Gasteiger partial charge is 0.103 e. The minimum absolute atomic E-state index is 0.0938. The zero-order valence-corrected chi connectivity index (χ0v) is 8.60. The zero-order chi connectivity index (χ0) is 10.5. The van der Waals surface area contributed by atoms with Gasteiger partial charge in [0.05, 0.1) is 6.26 Å². The van der Waals surface area contributed by atoms with Crippen molar-refractivity contribution in [3.8, 4) is 0 Å². The highest BCUT2D eigenvalue weighted by Crippen LogP contribution is 2.16. The van der Waals surface area contributed by atoms with Crippen LogP contribution in [0, 0.1) is 0 Å². The molecule has 1 aromatic carbocycles. The molecule has 0 aliphatic rings. The average molecular weight is 201 g/mol. The molecule has 1 heterocycles. The first-order valence-electron chi connectivity index (χ1n) is 5.19. The van der Waals surface area contributed by atoms with Crippen molar-refractivity contribution in [1.29, 1.82) is 0 Å². The SMILES string of the molecule is NC(CCc1ccco1)c1ccccc1. The summed E-state index contributed by atoms with van der Waals surface area (Å²) in [6.45, 7) is 0. The molecule has 1 unspecified atom stereocenters. The molecule has 2 nitrogen and oxygen atoms in total. The minimum Gasteiger partial charge on any atom is -0.469 e. The third-order valence-electron chi connectivity index (χ3n) is 2.51. The molecule has 2 heteroatoms. The highest BCUT2D eigenvalue weighted by molar-refractivity contribution is 5.18. The van der Waals surface area contributed by atoms with E-state index in [0.717, 1.165) is 18.6 Å². The maximum absolute atomic E-state index is 6.07. The molecule has 2 aromatic rings. The van der Waals surface area contributed by atoms with Crippen LogP contribution in [0.25, 0.3) is 0 Å². The second-order valence-electron chi connectivity index (χ2n) is 3.64. The Morgan fingerprint density at radius 1 is 1.07 bits per heavy atom. The van der Waals surface area contributed by atoms with Crippen molar-refractivity contribution in [3.05, 3.63) is 60.1 Å². The summed E-state index contributed by atoms with van der Waals surface area (Å²) in [7, 11) is 0. The second-order valence-corrected chi connectivity index (χ2v) is 3.64. The standard InChI is InChI=1S/C13H15NO/c14-13(11-5-2-1-3-6-11)9-8-12-7-4-10-15-12/h1-7,10,13H,8-9,14H2. The van der Waals surface area contributed by atoms with E-state index in [2.05, 4.69) is 12.1 Å². The molecule has 2 N–H and O–H groups in total. The Labute approximate surface area is 89.7 Å². The molecular formula is C13H15NO. The van der Waals surface area contributed by atoms with Crippen molar-refractivity contribution in [2.75, 3.05) is 0 Å². The molecule has 0 aliphatic heterocycles. The lowest BCUT2D eigenvalue weighted by atomic mass is 10.0. The van der Waals surface area contributed by atoms with Gasteiger partial charge in [-0.25, -0.2) is 0 Å². The first-order chi connectivity index (χ1) is 7.36. The average Bonchev–Trinajstić information content (AvgIpc) is 2.80. The molecule has 78 valence electrons. The Hall–Kier alpha value is -1.54. The number of benzene rings is 1. The van der Waals surface area contributed by atoms with Gasteiger partial charge in [0.2, 0.25) is 0 Å². The summed E-state index contributed by atoms with van der Waals surface area (Å²) in [5.74, 6) is 1.00. The number of rotatable bonds is 4. The molecule has 15 heavy (non-hydrogen) atoms. The van der Waals surface area contributed by atoms with Crippen LogP contribution < -0.4 is 5.73 Å². The van der Waals surface area contributed by atoms with E-state index in [-0.39, 0.29) is 6.04 Å². The highest BCUT2D eigenvalue weighted by Gasteiger charge is 2.06. The summed E-state index contributed by atoms with van der Waals surface area (Å²) in [5, 5.41) is 0. The van der Waals surface area contributed by atoms with E-state index in [9.17, 15) is 0 Å². The van der Waals surface area contributed by atoms with Crippen molar-refractivity contribution in [1.82, 2.24) is 0 Å². The lowest BCUT2D eigenvalue weighted by Gasteiger charge is -2.10.